The van der Waals surface area contributed by atoms with Gasteiger partial charge in [-0.3, -0.25) is 9.69 Å². The molecule has 0 bridgehead atoms. The zero-order valence-corrected chi connectivity index (χ0v) is 16.2. The highest BCUT2D eigenvalue weighted by Gasteiger charge is 2.73. The molecule has 0 radical (unpaired) electrons. The summed E-state index contributed by atoms with van der Waals surface area (Å²) in [6.07, 6.45) is -0.848. The Morgan fingerprint density at radius 2 is 2.00 bits per heavy atom. The minimum atomic E-state index is -1.73. The Kier molecular flexibility index (Phi) is 5.05. The maximum absolute atomic E-state index is 12.8. The number of esters is 1. The van der Waals surface area contributed by atoms with Crippen LogP contribution in [0.5, 0.6) is 0 Å². The van der Waals surface area contributed by atoms with E-state index in [-0.39, 0.29) is 32.1 Å². The van der Waals surface area contributed by atoms with E-state index in [0.29, 0.717) is 0 Å². The fourth-order valence-electron chi connectivity index (χ4n) is 3.96. The molecule has 0 unspecified atom stereocenters. The van der Waals surface area contributed by atoms with Gasteiger partial charge in [0.1, 0.15) is 11.8 Å². The molecule has 0 saturated carbocycles. The summed E-state index contributed by atoms with van der Waals surface area (Å²) in [4.78, 5) is 26.9. The quantitative estimate of drug-likeness (QED) is 0.783. The molecule has 1 amide bonds. The van der Waals surface area contributed by atoms with Crippen LogP contribution in [0.25, 0.3) is 0 Å². The maximum atomic E-state index is 12.8. The summed E-state index contributed by atoms with van der Waals surface area (Å²) in [5, 5.41) is 11.4. The van der Waals surface area contributed by atoms with E-state index >= 15 is 0 Å². The van der Waals surface area contributed by atoms with Crippen LogP contribution < -0.4 is 0 Å². The summed E-state index contributed by atoms with van der Waals surface area (Å²) in [5.41, 5.74) is -2.83. The maximum Gasteiger partial charge on any atom is 0.337 e. The van der Waals surface area contributed by atoms with Gasteiger partial charge in [-0.25, -0.2) is 4.79 Å². The van der Waals surface area contributed by atoms with Crippen LogP contribution >= 0.6 is 0 Å². The Morgan fingerprint density at radius 1 is 1.33 bits per heavy atom. The number of rotatable bonds is 5. The van der Waals surface area contributed by atoms with E-state index in [2.05, 4.69) is 0 Å². The first-order valence-corrected chi connectivity index (χ1v) is 9.02. The molecule has 2 heterocycles. The molecule has 1 N–H and O–H groups in total. The molecular weight excluding hydrogens is 350 g/mol. The average Bonchev–Trinajstić information content (AvgIpc) is 3.12. The Morgan fingerprint density at radius 3 is 2.59 bits per heavy atom. The number of amides is 1. The predicted molar refractivity (Wildman–Crippen MR) is 96.5 cm³/mol. The van der Waals surface area contributed by atoms with Gasteiger partial charge >= 0.3 is 5.97 Å². The number of nitrogens with zero attached hydrogens (tertiary/aromatic N) is 1. The number of aliphatic hydroxyl groups is 1. The van der Waals surface area contributed by atoms with Crippen molar-refractivity contribution in [2.75, 3.05) is 20.3 Å². The fraction of sp³-hybridized carbons (Fsp3) is 0.600. The molecule has 3 atom stereocenters. The fourth-order valence-corrected chi connectivity index (χ4v) is 3.96. The summed E-state index contributed by atoms with van der Waals surface area (Å²) >= 11 is 0. The normalized spacial score (nSPS) is 30.5. The summed E-state index contributed by atoms with van der Waals surface area (Å²) in [6.45, 7) is 5.71. The van der Waals surface area contributed by atoms with Crippen molar-refractivity contribution in [2.24, 2.45) is 5.41 Å². The van der Waals surface area contributed by atoms with E-state index in [9.17, 15) is 14.7 Å². The number of ether oxygens (including phenoxy) is 3. The van der Waals surface area contributed by atoms with Crippen molar-refractivity contribution in [3.8, 4) is 0 Å². The second-order valence-electron chi connectivity index (χ2n) is 8.33. The first kappa shape index (κ1) is 19.8. The molecule has 3 rings (SSSR count). The largest absolute Gasteiger partial charge is 0.467 e. The molecule has 27 heavy (non-hydrogen) atoms. The molecular formula is C20H27NO6. The number of methoxy groups -OCH3 is 1. The molecule has 2 saturated heterocycles. The van der Waals surface area contributed by atoms with Gasteiger partial charge in [0.2, 0.25) is 5.91 Å². The lowest BCUT2D eigenvalue weighted by Gasteiger charge is -2.40. The molecule has 1 aromatic rings. The van der Waals surface area contributed by atoms with Crippen LogP contribution in [0.2, 0.25) is 0 Å². The van der Waals surface area contributed by atoms with Gasteiger partial charge in [-0.2, -0.15) is 0 Å². The summed E-state index contributed by atoms with van der Waals surface area (Å²) < 4.78 is 16.5. The van der Waals surface area contributed by atoms with Gasteiger partial charge in [0, 0.05) is 5.41 Å². The first-order chi connectivity index (χ1) is 12.7. The molecule has 0 aliphatic carbocycles. The molecule has 2 aliphatic rings. The van der Waals surface area contributed by atoms with Gasteiger partial charge in [-0.05, 0) is 5.56 Å². The van der Waals surface area contributed by atoms with Crippen LogP contribution in [-0.4, -0.2) is 59.6 Å². The highest BCUT2D eigenvalue weighted by molar-refractivity contribution is 5.95. The third-order valence-electron chi connectivity index (χ3n) is 5.29. The lowest BCUT2D eigenvalue weighted by atomic mass is 9.81. The van der Waals surface area contributed by atoms with Crippen LogP contribution in [0.4, 0.5) is 0 Å². The Balaban J connectivity index is 1.88. The van der Waals surface area contributed by atoms with Crippen LogP contribution in [0.1, 0.15) is 32.8 Å². The molecule has 148 valence electrons. The Hall–Kier alpha value is -1.96. The van der Waals surface area contributed by atoms with E-state index in [1.165, 1.54) is 12.0 Å². The molecule has 7 nitrogen and oxygen atoms in total. The molecule has 7 heteroatoms. The van der Waals surface area contributed by atoms with Crippen molar-refractivity contribution < 1.29 is 28.9 Å². The minimum Gasteiger partial charge on any atom is -0.467 e. The lowest BCUT2D eigenvalue weighted by molar-refractivity contribution is -0.174. The van der Waals surface area contributed by atoms with Crippen LogP contribution in [0.15, 0.2) is 30.3 Å². The van der Waals surface area contributed by atoms with Gasteiger partial charge in [0.25, 0.3) is 0 Å². The van der Waals surface area contributed by atoms with Crippen LogP contribution in [0.3, 0.4) is 0 Å². The summed E-state index contributed by atoms with van der Waals surface area (Å²) in [7, 11) is 1.24. The topological polar surface area (TPSA) is 85.3 Å². The van der Waals surface area contributed by atoms with Crippen molar-refractivity contribution in [2.45, 2.75) is 51.2 Å². The van der Waals surface area contributed by atoms with E-state index in [0.717, 1.165) is 5.56 Å². The molecule has 1 aromatic carbocycles. The molecule has 0 spiro atoms. The monoisotopic (exact) mass is 377 g/mol. The molecule has 2 fully saturated rings. The number of hydrogen-bond donors (Lipinski definition) is 1. The van der Waals surface area contributed by atoms with Crippen molar-refractivity contribution in [3.05, 3.63) is 35.9 Å². The highest BCUT2D eigenvalue weighted by Crippen LogP contribution is 2.49. The van der Waals surface area contributed by atoms with Gasteiger partial charge < -0.3 is 19.3 Å². The zero-order valence-electron chi connectivity index (χ0n) is 16.2. The second-order valence-corrected chi connectivity index (χ2v) is 8.33. The van der Waals surface area contributed by atoms with Crippen molar-refractivity contribution in [1.29, 1.82) is 0 Å². The van der Waals surface area contributed by atoms with E-state index < -0.39 is 28.8 Å². The van der Waals surface area contributed by atoms with Gasteiger partial charge in [0.15, 0.2) is 5.54 Å². The number of carbonyl (C=O) groups excluding carboxylic acids is 2. The standard InChI is InChI=1S/C20H27NO6/c1-18(2,3)16-21-15(22)10-19(24,20(21,13-27-16)17(23)25-4)12-26-11-14-8-6-5-7-9-14/h5-9,16,24H,10-13H2,1-4H3/t16-,19-,20+/m1/s1. The second kappa shape index (κ2) is 6.89. The van der Waals surface area contributed by atoms with Crippen molar-refractivity contribution in [3.63, 3.8) is 0 Å². The Labute approximate surface area is 159 Å². The SMILES string of the molecule is COC(=O)[C@]12CO[C@H](C(C)(C)C)N1C(=O)C[C@@]2(O)COCc1ccccc1. The zero-order chi connectivity index (χ0) is 19.9. The molecule has 2 aliphatic heterocycles. The highest BCUT2D eigenvalue weighted by atomic mass is 16.6. The third kappa shape index (κ3) is 3.13. The van der Waals surface area contributed by atoms with E-state index in [1.54, 1.807) is 0 Å². The van der Waals surface area contributed by atoms with E-state index in [4.69, 9.17) is 14.2 Å². The third-order valence-corrected chi connectivity index (χ3v) is 5.29. The van der Waals surface area contributed by atoms with Gasteiger partial charge in [-0.15, -0.1) is 0 Å². The number of carbonyl (C=O) groups is 2. The van der Waals surface area contributed by atoms with Crippen LogP contribution in [0, 0.1) is 5.41 Å². The van der Waals surface area contributed by atoms with Crippen molar-refractivity contribution >= 4 is 11.9 Å². The smallest absolute Gasteiger partial charge is 0.337 e. The minimum absolute atomic E-state index is 0.126. The number of benzene rings is 1. The van der Waals surface area contributed by atoms with Crippen molar-refractivity contribution in [1.82, 2.24) is 4.90 Å². The summed E-state index contributed by atoms with van der Waals surface area (Å²) in [6, 6.07) is 9.49. The molecule has 0 aromatic heterocycles. The lowest BCUT2D eigenvalue weighted by Crippen LogP contribution is -2.66. The number of hydrogen-bond acceptors (Lipinski definition) is 6. The first-order valence-electron chi connectivity index (χ1n) is 9.02. The number of fused-ring (bicyclic) bond motifs is 1. The Bertz CT molecular complexity index is 715. The van der Waals surface area contributed by atoms with E-state index in [1.807, 2.05) is 51.1 Å². The predicted octanol–water partition coefficient (Wildman–Crippen LogP) is 1.48. The van der Waals surface area contributed by atoms with Crippen LogP contribution in [-0.2, 0) is 30.4 Å². The average molecular weight is 377 g/mol. The van der Waals surface area contributed by atoms with Gasteiger partial charge in [0.05, 0.1) is 33.4 Å². The van der Waals surface area contributed by atoms with Gasteiger partial charge in [-0.1, -0.05) is 51.1 Å². The summed E-state index contributed by atoms with van der Waals surface area (Å²) in [5.74, 6) is -1.03.